The van der Waals surface area contributed by atoms with Crippen molar-refractivity contribution in [3.8, 4) is 11.3 Å². The smallest absolute Gasteiger partial charge is 0.231 e. The second kappa shape index (κ2) is 7.83. The van der Waals surface area contributed by atoms with E-state index in [1.807, 2.05) is 12.1 Å². The number of thiazole rings is 1. The molecule has 0 aliphatic carbocycles. The van der Waals surface area contributed by atoms with Gasteiger partial charge in [-0.25, -0.2) is 14.4 Å². The van der Waals surface area contributed by atoms with E-state index in [2.05, 4.69) is 25.3 Å². The van der Waals surface area contributed by atoms with E-state index in [1.165, 1.54) is 23.5 Å². The number of fused-ring (bicyclic) bond motifs is 1. The molecule has 5 rings (SSSR count). The number of nitrogens with zero attached hydrogens (tertiary/aromatic N) is 4. The van der Waals surface area contributed by atoms with Gasteiger partial charge in [-0.3, -0.25) is 10.1 Å². The van der Waals surface area contributed by atoms with Crippen molar-refractivity contribution in [1.29, 1.82) is 0 Å². The molecule has 1 aromatic carbocycles. The summed E-state index contributed by atoms with van der Waals surface area (Å²) in [6.07, 6.45) is 3.44. The summed E-state index contributed by atoms with van der Waals surface area (Å²) in [6.45, 7) is 1.44. The van der Waals surface area contributed by atoms with Gasteiger partial charge in [0.05, 0.1) is 5.92 Å². The maximum Gasteiger partial charge on any atom is 0.231 e. The van der Waals surface area contributed by atoms with E-state index in [9.17, 15) is 9.18 Å². The van der Waals surface area contributed by atoms with Gasteiger partial charge in [-0.15, -0.1) is 0 Å². The van der Waals surface area contributed by atoms with Gasteiger partial charge in [0.25, 0.3) is 0 Å². The molecule has 0 saturated carbocycles. The third-order valence-corrected chi connectivity index (χ3v) is 6.13. The second-order valence-corrected chi connectivity index (χ2v) is 8.14. The number of hydrogen-bond acceptors (Lipinski definition) is 7. The minimum absolute atomic E-state index is 0.124. The number of amides is 1. The summed E-state index contributed by atoms with van der Waals surface area (Å²) in [7, 11) is 0. The van der Waals surface area contributed by atoms with Crippen molar-refractivity contribution in [3.05, 3.63) is 54.5 Å². The summed E-state index contributed by atoms with van der Waals surface area (Å²) >= 11 is 1.54. The van der Waals surface area contributed by atoms with Crippen LogP contribution in [-0.2, 0) is 4.79 Å². The molecule has 1 N–H and O–H groups in total. The highest BCUT2D eigenvalue weighted by molar-refractivity contribution is 7.21. The molecule has 1 saturated heterocycles. The Hall–Kier alpha value is -3.33. The Morgan fingerprint density at radius 1 is 1.27 bits per heavy atom. The molecule has 4 heterocycles. The number of pyridine rings is 1. The molecule has 1 aliphatic heterocycles. The van der Waals surface area contributed by atoms with Crippen LogP contribution in [0.1, 0.15) is 12.8 Å². The first kappa shape index (κ1) is 18.7. The van der Waals surface area contributed by atoms with Crippen molar-refractivity contribution in [3.63, 3.8) is 0 Å². The Morgan fingerprint density at radius 3 is 3.07 bits per heavy atom. The number of piperidine rings is 1. The molecule has 9 heteroatoms. The molecule has 1 unspecified atom stereocenters. The van der Waals surface area contributed by atoms with Gasteiger partial charge in [0.15, 0.2) is 5.13 Å². The summed E-state index contributed by atoms with van der Waals surface area (Å²) in [5, 5.41) is 7.61. The molecule has 0 radical (unpaired) electrons. The number of nitrogens with one attached hydrogen (secondary N) is 1. The molecule has 3 aromatic heterocycles. The first-order chi connectivity index (χ1) is 14.7. The minimum atomic E-state index is -0.353. The summed E-state index contributed by atoms with van der Waals surface area (Å²) in [5.74, 6) is -0.420. The highest BCUT2D eigenvalue weighted by atomic mass is 32.1. The van der Waals surface area contributed by atoms with Crippen LogP contribution in [0, 0.1) is 11.7 Å². The van der Waals surface area contributed by atoms with Crippen LogP contribution in [0.15, 0.2) is 53.2 Å². The Kier molecular flexibility index (Phi) is 4.88. The van der Waals surface area contributed by atoms with Crippen LogP contribution in [0.25, 0.3) is 21.6 Å². The van der Waals surface area contributed by atoms with Crippen LogP contribution < -0.4 is 10.2 Å². The van der Waals surface area contributed by atoms with E-state index >= 15 is 0 Å². The summed E-state index contributed by atoms with van der Waals surface area (Å²) in [5.41, 5.74) is 1.93. The van der Waals surface area contributed by atoms with Crippen LogP contribution in [0.5, 0.6) is 0 Å². The molecule has 0 bridgehead atoms. The van der Waals surface area contributed by atoms with Crippen LogP contribution in [-0.4, -0.2) is 34.1 Å². The lowest BCUT2D eigenvalue weighted by molar-refractivity contribution is -0.120. The van der Waals surface area contributed by atoms with Crippen LogP contribution in [0.2, 0.25) is 0 Å². The van der Waals surface area contributed by atoms with Crippen molar-refractivity contribution in [2.75, 3.05) is 23.3 Å². The van der Waals surface area contributed by atoms with E-state index in [4.69, 9.17) is 4.52 Å². The van der Waals surface area contributed by atoms with Gasteiger partial charge in [0.2, 0.25) is 11.8 Å². The fourth-order valence-corrected chi connectivity index (χ4v) is 4.54. The van der Waals surface area contributed by atoms with Crippen molar-refractivity contribution in [2.45, 2.75) is 12.8 Å². The number of carbonyl (C=O) groups excluding carboxylic acids is 1. The molecule has 30 heavy (non-hydrogen) atoms. The average molecular weight is 423 g/mol. The number of rotatable bonds is 4. The summed E-state index contributed by atoms with van der Waals surface area (Å²) in [6, 6.07) is 11.5. The normalized spacial score (nSPS) is 16.7. The predicted molar refractivity (Wildman–Crippen MR) is 113 cm³/mol. The first-order valence-electron chi connectivity index (χ1n) is 9.66. The first-order valence-corrected chi connectivity index (χ1v) is 10.5. The Morgan fingerprint density at radius 2 is 2.20 bits per heavy atom. The Bertz CT molecular complexity index is 1170. The molecular formula is C21H18FN5O2S. The average Bonchev–Trinajstić information content (AvgIpc) is 3.41. The van der Waals surface area contributed by atoms with E-state index in [0.717, 1.165) is 34.9 Å². The lowest BCUT2D eigenvalue weighted by Crippen LogP contribution is -2.40. The van der Waals surface area contributed by atoms with Crippen LogP contribution >= 0.6 is 11.3 Å². The molecule has 1 amide bonds. The largest absolute Gasteiger partial charge is 0.347 e. The molecule has 7 nitrogen and oxygen atoms in total. The Balaban J connectivity index is 1.27. The standard InChI is InChI=1S/C21H18FN5O2S/c22-15-6-1-4-13(10-15)17-11-18(29-26-17)25-19(28)14-5-3-9-27(12-14)21-24-16-7-2-8-23-20(16)30-21/h1-2,4,6-8,10-11,14H,3,5,9,12H2,(H,25,28). The fraction of sp³-hybridized carbons (Fsp3) is 0.238. The number of anilines is 2. The van der Waals surface area contributed by atoms with Crippen molar-refractivity contribution >= 4 is 38.6 Å². The Labute approximate surface area is 175 Å². The predicted octanol–water partition coefficient (Wildman–Crippen LogP) is 4.34. The van der Waals surface area contributed by atoms with Crippen LogP contribution in [0.4, 0.5) is 15.4 Å². The van der Waals surface area contributed by atoms with Gasteiger partial charge in [0.1, 0.15) is 21.9 Å². The number of carbonyl (C=O) groups is 1. The maximum absolute atomic E-state index is 13.4. The highest BCUT2D eigenvalue weighted by Gasteiger charge is 2.28. The molecule has 1 aliphatic rings. The highest BCUT2D eigenvalue weighted by Crippen LogP contribution is 2.31. The molecule has 0 spiro atoms. The molecule has 1 fully saturated rings. The van der Waals surface area contributed by atoms with Crippen molar-refractivity contribution in [2.24, 2.45) is 5.92 Å². The van der Waals surface area contributed by atoms with E-state index < -0.39 is 0 Å². The SMILES string of the molecule is O=C(Nc1cc(-c2cccc(F)c2)no1)C1CCCN(c2nc3cccnc3s2)C1. The lowest BCUT2D eigenvalue weighted by Gasteiger charge is -2.31. The lowest BCUT2D eigenvalue weighted by atomic mass is 9.97. The van der Waals surface area contributed by atoms with E-state index in [-0.39, 0.29) is 23.5 Å². The number of benzene rings is 1. The zero-order valence-electron chi connectivity index (χ0n) is 15.9. The van der Waals surface area contributed by atoms with Gasteiger partial charge in [0, 0.05) is 30.9 Å². The van der Waals surface area contributed by atoms with Gasteiger partial charge in [-0.05, 0) is 37.1 Å². The summed E-state index contributed by atoms with van der Waals surface area (Å²) < 4.78 is 18.7. The third kappa shape index (κ3) is 3.76. The third-order valence-electron chi connectivity index (χ3n) is 5.09. The maximum atomic E-state index is 13.4. The van der Waals surface area contributed by atoms with Crippen molar-refractivity contribution in [1.82, 2.24) is 15.1 Å². The van der Waals surface area contributed by atoms with Gasteiger partial charge in [-0.2, -0.15) is 0 Å². The quantitative estimate of drug-likeness (QED) is 0.526. The zero-order chi connectivity index (χ0) is 20.5. The number of aromatic nitrogens is 3. The van der Waals surface area contributed by atoms with Gasteiger partial charge in [-0.1, -0.05) is 28.6 Å². The van der Waals surface area contributed by atoms with Crippen LogP contribution in [0.3, 0.4) is 0 Å². The second-order valence-electron chi connectivity index (χ2n) is 7.19. The summed E-state index contributed by atoms with van der Waals surface area (Å²) in [4.78, 5) is 24.8. The van der Waals surface area contributed by atoms with Gasteiger partial charge >= 0.3 is 0 Å². The van der Waals surface area contributed by atoms with E-state index in [1.54, 1.807) is 24.4 Å². The molecule has 152 valence electrons. The van der Waals surface area contributed by atoms with E-state index in [0.29, 0.717) is 17.8 Å². The topological polar surface area (TPSA) is 84.2 Å². The fourth-order valence-electron chi connectivity index (χ4n) is 3.60. The van der Waals surface area contributed by atoms with Crippen molar-refractivity contribution < 1.29 is 13.7 Å². The zero-order valence-corrected chi connectivity index (χ0v) is 16.7. The number of halogens is 1. The molecule has 1 atom stereocenters. The minimum Gasteiger partial charge on any atom is -0.347 e. The number of hydrogen-bond donors (Lipinski definition) is 1. The molecular weight excluding hydrogens is 405 g/mol. The monoisotopic (exact) mass is 423 g/mol. The molecule has 4 aromatic rings. The van der Waals surface area contributed by atoms with Gasteiger partial charge < -0.3 is 9.42 Å².